The minimum atomic E-state index is -0.575. The molecule has 1 aromatic heterocycles. The standard InChI is InChI=1S/C20H22O3/c1-3-6-19-20(16-7-4-5-8-18(16)23-19)17(21)13-14-9-11-15(22-2)12-10-14/h4-5,7-12,17,21H,3,6,13H2,1-2H3. The molecule has 0 amide bonds. The van der Waals surface area contributed by atoms with Gasteiger partial charge in [0, 0.05) is 23.8 Å². The van der Waals surface area contributed by atoms with Gasteiger partial charge >= 0.3 is 0 Å². The van der Waals surface area contributed by atoms with Crippen LogP contribution < -0.4 is 4.74 Å². The number of aryl methyl sites for hydroxylation is 1. The number of hydrogen-bond acceptors (Lipinski definition) is 3. The zero-order valence-electron chi connectivity index (χ0n) is 13.6. The molecule has 0 aliphatic heterocycles. The van der Waals surface area contributed by atoms with E-state index in [1.54, 1.807) is 7.11 Å². The summed E-state index contributed by atoms with van der Waals surface area (Å²) in [6, 6.07) is 15.7. The van der Waals surface area contributed by atoms with Crippen LogP contribution >= 0.6 is 0 Å². The van der Waals surface area contributed by atoms with E-state index in [9.17, 15) is 5.11 Å². The van der Waals surface area contributed by atoms with Gasteiger partial charge in [0.05, 0.1) is 13.2 Å². The lowest BCUT2D eigenvalue weighted by atomic mass is 9.97. The van der Waals surface area contributed by atoms with E-state index < -0.39 is 6.10 Å². The molecule has 1 unspecified atom stereocenters. The van der Waals surface area contributed by atoms with Crippen LogP contribution in [0.4, 0.5) is 0 Å². The van der Waals surface area contributed by atoms with Crippen LogP contribution in [0.5, 0.6) is 5.75 Å². The van der Waals surface area contributed by atoms with Crippen LogP contribution in [0.25, 0.3) is 11.0 Å². The monoisotopic (exact) mass is 310 g/mol. The maximum Gasteiger partial charge on any atom is 0.134 e. The second kappa shape index (κ2) is 6.88. The van der Waals surface area contributed by atoms with Crippen molar-refractivity contribution >= 4 is 11.0 Å². The number of para-hydroxylation sites is 1. The second-order valence-corrected chi connectivity index (χ2v) is 5.75. The number of benzene rings is 2. The number of aliphatic hydroxyl groups excluding tert-OH is 1. The molecule has 0 aliphatic rings. The summed E-state index contributed by atoms with van der Waals surface area (Å²) >= 11 is 0. The first-order valence-electron chi connectivity index (χ1n) is 8.04. The SMILES string of the molecule is CCCc1oc2ccccc2c1C(O)Cc1ccc(OC)cc1. The van der Waals surface area contributed by atoms with Crippen LogP contribution in [-0.4, -0.2) is 12.2 Å². The molecule has 0 saturated carbocycles. The summed E-state index contributed by atoms with van der Waals surface area (Å²) in [6.07, 6.45) is 1.81. The zero-order chi connectivity index (χ0) is 16.2. The van der Waals surface area contributed by atoms with Gasteiger partial charge in [-0.2, -0.15) is 0 Å². The molecular formula is C20H22O3. The molecule has 0 fully saturated rings. The molecule has 0 bridgehead atoms. The predicted octanol–water partition coefficient (Wildman–Crippen LogP) is 4.67. The highest BCUT2D eigenvalue weighted by Gasteiger charge is 2.20. The molecule has 0 saturated heterocycles. The van der Waals surface area contributed by atoms with Crippen molar-refractivity contribution in [1.82, 2.24) is 0 Å². The van der Waals surface area contributed by atoms with E-state index in [4.69, 9.17) is 9.15 Å². The van der Waals surface area contributed by atoms with Crippen LogP contribution in [0.15, 0.2) is 52.9 Å². The largest absolute Gasteiger partial charge is 0.497 e. The minimum Gasteiger partial charge on any atom is -0.497 e. The van der Waals surface area contributed by atoms with Crippen LogP contribution in [0, 0.1) is 0 Å². The first-order chi connectivity index (χ1) is 11.2. The van der Waals surface area contributed by atoms with Crippen LogP contribution in [0.1, 0.15) is 36.3 Å². The van der Waals surface area contributed by atoms with Crippen LogP contribution in [0.2, 0.25) is 0 Å². The number of rotatable bonds is 6. The Bertz CT molecular complexity index is 771. The zero-order valence-corrected chi connectivity index (χ0v) is 13.6. The molecule has 3 aromatic rings. The highest BCUT2D eigenvalue weighted by molar-refractivity contribution is 5.82. The summed E-state index contributed by atoms with van der Waals surface area (Å²) in [5, 5.41) is 11.8. The molecule has 23 heavy (non-hydrogen) atoms. The Morgan fingerprint density at radius 2 is 1.83 bits per heavy atom. The molecule has 120 valence electrons. The summed E-state index contributed by atoms with van der Waals surface area (Å²) < 4.78 is 11.1. The molecule has 1 heterocycles. The summed E-state index contributed by atoms with van der Waals surface area (Å²) in [4.78, 5) is 0. The van der Waals surface area contributed by atoms with Gasteiger partial charge in [0.2, 0.25) is 0 Å². The molecule has 0 aliphatic carbocycles. The van der Waals surface area contributed by atoms with Crippen molar-refractivity contribution in [2.45, 2.75) is 32.3 Å². The molecule has 3 rings (SSSR count). The van der Waals surface area contributed by atoms with Crippen molar-refractivity contribution < 1.29 is 14.3 Å². The van der Waals surface area contributed by atoms with Gasteiger partial charge in [-0.1, -0.05) is 37.3 Å². The van der Waals surface area contributed by atoms with E-state index in [1.807, 2.05) is 48.5 Å². The first kappa shape index (κ1) is 15.6. The van der Waals surface area contributed by atoms with Gasteiger partial charge in [-0.3, -0.25) is 0 Å². The van der Waals surface area contributed by atoms with E-state index in [-0.39, 0.29) is 0 Å². The van der Waals surface area contributed by atoms with Gasteiger partial charge in [-0.05, 0) is 30.2 Å². The summed E-state index contributed by atoms with van der Waals surface area (Å²) in [6.45, 7) is 2.12. The lowest BCUT2D eigenvalue weighted by Crippen LogP contribution is -2.04. The summed E-state index contributed by atoms with van der Waals surface area (Å²) in [7, 11) is 1.65. The second-order valence-electron chi connectivity index (χ2n) is 5.75. The van der Waals surface area contributed by atoms with Crippen molar-refractivity contribution in [2.75, 3.05) is 7.11 Å². The van der Waals surface area contributed by atoms with Gasteiger partial charge in [0.1, 0.15) is 17.1 Å². The topological polar surface area (TPSA) is 42.6 Å². The molecule has 1 N–H and O–H groups in total. The third-order valence-electron chi connectivity index (χ3n) is 4.11. The Labute approximate surface area is 136 Å². The number of ether oxygens (including phenoxy) is 1. The molecule has 0 spiro atoms. The van der Waals surface area contributed by atoms with E-state index in [0.717, 1.165) is 46.4 Å². The Balaban J connectivity index is 1.92. The van der Waals surface area contributed by atoms with Gasteiger partial charge in [-0.25, -0.2) is 0 Å². The average molecular weight is 310 g/mol. The average Bonchev–Trinajstić information content (AvgIpc) is 2.94. The highest BCUT2D eigenvalue weighted by atomic mass is 16.5. The molecule has 3 nitrogen and oxygen atoms in total. The Morgan fingerprint density at radius 1 is 1.09 bits per heavy atom. The fraction of sp³-hybridized carbons (Fsp3) is 0.300. The van der Waals surface area contributed by atoms with E-state index in [0.29, 0.717) is 6.42 Å². The quantitative estimate of drug-likeness (QED) is 0.719. The molecule has 2 aromatic carbocycles. The normalized spacial score (nSPS) is 12.5. The van der Waals surface area contributed by atoms with Crippen molar-refractivity contribution in [3.05, 3.63) is 65.4 Å². The third-order valence-corrected chi connectivity index (χ3v) is 4.11. The number of fused-ring (bicyclic) bond motifs is 1. The van der Waals surface area contributed by atoms with E-state index in [2.05, 4.69) is 6.92 Å². The van der Waals surface area contributed by atoms with E-state index in [1.165, 1.54) is 0 Å². The number of furan rings is 1. The van der Waals surface area contributed by atoms with Gasteiger partial charge in [0.25, 0.3) is 0 Å². The number of hydrogen-bond donors (Lipinski definition) is 1. The van der Waals surface area contributed by atoms with Crippen LogP contribution in [-0.2, 0) is 12.8 Å². The first-order valence-corrected chi connectivity index (χ1v) is 8.04. The minimum absolute atomic E-state index is 0.560. The smallest absolute Gasteiger partial charge is 0.134 e. The van der Waals surface area contributed by atoms with Crippen molar-refractivity contribution in [3.8, 4) is 5.75 Å². The highest BCUT2D eigenvalue weighted by Crippen LogP contribution is 2.33. The lowest BCUT2D eigenvalue weighted by Gasteiger charge is -2.12. The van der Waals surface area contributed by atoms with Gasteiger partial charge in [0.15, 0.2) is 0 Å². The van der Waals surface area contributed by atoms with Crippen molar-refractivity contribution in [2.24, 2.45) is 0 Å². The third kappa shape index (κ3) is 3.25. The summed E-state index contributed by atoms with van der Waals surface area (Å²) in [5.41, 5.74) is 2.85. The fourth-order valence-corrected chi connectivity index (χ4v) is 2.98. The lowest BCUT2D eigenvalue weighted by molar-refractivity contribution is 0.177. The molecule has 1 atom stereocenters. The Kier molecular flexibility index (Phi) is 4.68. The molecular weight excluding hydrogens is 288 g/mol. The van der Waals surface area contributed by atoms with Crippen molar-refractivity contribution in [3.63, 3.8) is 0 Å². The maximum atomic E-state index is 10.8. The Morgan fingerprint density at radius 3 is 2.52 bits per heavy atom. The predicted molar refractivity (Wildman–Crippen MR) is 91.9 cm³/mol. The van der Waals surface area contributed by atoms with Gasteiger partial charge < -0.3 is 14.3 Å². The summed E-state index contributed by atoms with van der Waals surface area (Å²) in [5.74, 6) is 1.72. The maximum absolute atomic E-state index is 10.8. The number of aliphatic hydroxyl groups is 1. The van der Waals surface area contributed by atoms with E-state index >= 15 is 0 Å². The molecule has 0 radical (unpaired) electrons. The van der Waals surface area contributed by atoms with Gasteiger partial charge in [-0.15, -0.1) is 0 Å². The fourth-order valence-electron chi connectivity index (χ4n) is 2.98. The van der Waals surface area contributed by atoms with Crippen LogP contribution in [0.3, 0.4) is 0 Å². The van der Waals surface area contributed by atoms with Crippen molar-refractivity contribution in [1.29, 1.82) is 0 Å². The molecule has 3 heteroatoms. The Hall–Kier alpha value is -2.26. The number of methoxy groups -OCH3 is 1.